The van der Waals surface area contributed by atoms with Crippen molar-refractivity contribution in [1.29, 1.82) is 0 Å². The van der Waals surface area contributed by atoms with E-state index < -0.39 is 17.4 Å². The van der Waals surface area contributed by atoms with Crippen molar-refractivity contribution in [2.24, 2.45) is 10.7 Å². The lowest BCUT2D eigenvalue weighted by molar-refractivity contribution is -0.130. The first-order valence-electron chi connectivity index (χ1n) is 8.00. The number of thiophene rings is 1. The van der Waals surface area contributed by atoms with E-state index in [9.17, 15) is 13.6 Å². The predicted molar refractivity (Wildman–Crippen MR) is 99.2 cm³/mol. The smallest absolute Gasteiger partial charge is 0.270 e. The fraction of sp³-hybridized carbons (Fsp3) is 0.333. The Bertz CT molecular complexity index is 872. The van der Waals surface area contributed by atoms with E-state index in [0.29, 0.717) is 11.3 Å². The quantitative estimate of drug-likeness (QED) is 0.860. The van der Waals surface area contributed by atoms with E-state index in [0.717, 1.165) is 11.8 Å². The van der Waals surface area contributed by atoms with Crippen LogP contribution in [-0.2, 0) is 16.3 Å². The van der Waals surface area contributed by atoms with E-state index >= 15 is 0 Å². The molecule has 5 nitrogen and oxygen atoms in total. The highest BCUT2D eigenvalue weighted by Crippen LogP contribution is 2.47. The van der Waals surface area contributed by atoms with Crippen LogP contribution in [0.2, 0.25) is 0 Å². The Morgan fingerprint density at radius 1 is 1.23 bits per heavy atom. The maximum absolute atomic E-state index is 13.5. The maximum Gasteiger partial charge on any atom is 0.270 e. The molecule has 0 aliphatic carbocycles. The van der Waals surface area contributed by atoms with Crippen molar-refractivity contribution >= 4 is 28.9 Å². The van der Waals surface area contributed by atoms with Crippen LogP contribution in [0.3, 0.4) is 0 Å². The molecule has 1 unspecified atom stereocenters. The highest BCUT2D eigenvalue weighted by molar-refractivity contribution is 7.10. The van der Waals surface area contributed by atoms with Gasteiger partial charge in [0.15, 0.2) is 5.96 Å². The molecule has 0 bridgehead atoms. The van der Waals surface area contributed by atoms with Crippen molar-refractivity contribution in [2.45, 2.75) is 31.2 Å². The molecule has 1 amide bonds. The van der Waals surface area contributed by atoms with Crippen molar-refractivity contribution in [1.82, 2.24) is 4.90 Å². The SMILES string of the molecule is CN1C(=O)C(c2ccc(C(C)(F)F)cc2)[C@@](C)(c2sccc2N)N=C1N. The van der Waals surface area contributed by atoms with Crippen LogP contribution in [0.15, 0.2) is 40.7 Å². The minimum atomic E-state index is -2.95. The van der Waals surface area contributed by atoms with E-state index in [4.69, 9.17) is 11.5 Å². The molecule has 1 aliphatic rings. The number of aliphatic imine (C=N–C) groups is 1. The number of alkyl halides is 2. The van der Waals surface area contributed by atoms with Gasteiger partial charge in [0.2, 0.25) is 5.91 Å². The lowest BCUT2D eigenvalue weighted by Crippen LogP contribution is -2.52. The molecule has 2 heterocycles. The molecule has 1 aromatic carbocycles. The summed E-state index contributed by atoms with van der Waals surface area (Å²) >= 11 is 1.39. The number of nitrogens with zero attached hydrogens (tertiary/aromatic N) is 2. The van der Waals surface area contributed by atoms with Crippen molar-refractivity contribution in [3.05, 3.63) is 51.7 Å². The Balaban J connectivity index is 2.16. The number of nitrogens with two attached hydrogens (primary N) is 2. The molecule has 0 fully saturated rings. The van der Waals surface area contributed by atoms with Crippen LogP contribution >= 0.6 is 11.3 Å². The molecule has 8 heteroatoms. The summed E-state index contributed by atoms with van der Waals surface area (Å²) in [5.41, 5.74) is 12.0. The fourth-order valence-electron chi connectivity index (χ4n) is 3.27. The second-order valence-electron chi connectivity index (χ2n) is 6.66. The van der Waals surface area contributed by atoms with Crippen LogP contribution in [0, 0.1) is 0 Å². The van der Waals surface area contributed by atoms with Gasteiger partial charge in [-0.15, -0.1) is 11.3 Å². The minimum absolute atomic E-state index is 0.0956. The second-order valence-corrected chi connectivity index (χ2v) is 7.58. The largest absolute Gasteiger partial charge is 0.398 e. The Morgan fingerprint density at radius 3 is 2.35 bits per heavy atom. The van der Waals surface area contributed by atoms with Crippen LogP contribution in [-0.4, -0.2) is 23.8 Å². The number of carbonyl (C=O) groups excluding carboxylic acids is 1. The number of rotatable bonds is 3. The predicted octanol–water partition coefficient (Wildman–Crippen LogP) is 3.23. The summed E-state index contributed by atoms with van der Waals surface area (Å²) in [4.78, 5) is 19.6. The van der Waals surface area contributed by atoms with Gasteiger partial charge in [-0.05, 0) is 23.9 Å². The Labute approximate surface area is 154 Å². The molecule has 3 rings (SSSR count). The zero-order valence-corrected chi connectivity index (χ0v) is 15.5. The zero-order chi connectivity index (χ0) is 19.3. The first-order chi connectivity index (χ1) is 12.1. The van der Waals surface area contributed by atoms with Crippen molar-refractivity contribution < 1.29 is 13.6 Å². The number of anilines is 1. The van der Waals surface area contributed by atoms with E-state index in [-0.39, 0.29) is 17.4 Å². The summed E-state index contributed by atoms with van der Waals surface area (Å²) in [7, 11) is 1.54. The molecule has 4 N–H and O–H groups in total. The number of likely N-dealkylation sites (N-methyl/N-ethyl adjacent to an activating group) is 1. The van der Waals surface area contributed by atoms with Gasteiger partial charge in [0.25, 0.3) is 5.92 Å². The Morgan fingerprint density at radius 2 is 1.85 bits per heavy atom. The van der Waals surface area contributed by atoms with E-state index in [2.05, 4.69) is 4.99 Å². The second kappa shape index (κ2) is 6.05. The molecule has 0 saturated carbocycles. The highest BCUT2D eigenvalue weighted by Gasteiger charge is 2.48. The average Bonchev–Trinajstić information content (AvgIpc) is 2.99. The van der Waals surface area contributed by atoms with Crippen LogP contribution in [0.1, 0.15) is 35.8 Å². The molecule has 26 heavy (non-hydrogen) atoms. The molecule has 0 spiro atoms. The zero-order valence-electron chi connectivity index (χ0n) is 14.7. The molecule has 0 radical (unpaired) electrons. The Kier molecular flexibility index (Phi) is 4.26. The number of halogens is 2. The van der Waals surface area contributed by atoms with Gasteiger partial charge in [-0.25, -0.2) is 13.8 Å². The van der Waals surface area contributed by atoms with Crippen LogP contribution in [0.5, 0.6) is 0 Å². The number of carbonyl (C=O) groups is 1. The van der Waals surface area contributed by atoms with Crippen molar-refractivity contribution in [3.63, 3.8) is 0 Å². The van der Waals surface area contributed by atoms with Gasteiger partial charge >= 0.3 is 0 Å². The standard InChI is InChI=1S/C18H20F2N4OS/c1-17(14-12(21)8-9-26-14)13(15(25)24(3)16(22)23-17)10-4-6-11(7-5-10)18(2,19)20/h4-9,13H,21H2,1-3H3,(H2,22,23)/t13?,17-/m0/s1. The third-order valence-electron chi connectivity index (χ3n) is 4.74. The van der Waals surface area contributed by atoms with Crippen molar-refractivity contribution in [3.8, 4) is 0 Å². The van der Waals surface area contributed by atoms with Crippen LogP contribution in [0.25, 0.3) is 0 Å². The fourth-order valence-corrected chi connectivity index (χ4v) is 4.23. The van der Waals surface area contributed by atoms with Crippen molar-refractivity contribution in [2.75, 3.05) is 12.8 Å². The van der Waals surface area contributed by atoms with Crippen LogP contribution in [0.4, 0.5) is 14.5 Å². The molecule has 1 aliphatic heterocycles. The van der Waals surface area contributed by atoms with E-state index in [1.165, 1.54) is 28.4 Å². The molecule has 2 aromatic rings. The number of benzene rings is 1. The van der Waals surface area contributed by atoms with Gasteiger partial charge in [0.05, 0.1) is 10.8 Å². The lowest BCUT2D eigenvalue weighted by Gasteiger charge is -2.40. The van der Waals surface area contributed by atoms with Gasteiger partial charge in [-0.2, -0.15) is 0 Å². The van der Waals surface area contributed by atoms with Gasteiger partial charge in [-0.3, -0.25) is 9.69 Å². The number of hydrogen-bond donors (Lipinski definition) is 2. The van der Waals surface area contributed by atoms with E-state index in [1.54, 1.807) is 32.2 Å². The number of amides is 1. The highest BCUT2D eigenvalue weighted by atomic mass is 32.1. The third-order valence-corrected chi connectivity index (χ3v) is 5.89. The molecule has 138 valence electrons. The summed E-state index contributed by atoms with van der Waals surface area (Å²) in [6.07, 6.45) is 0. The topological polar surface area (TPSA) is 84.7 Å². The monoisotopic (exact) mass is 378 g/mol. The molecular weight excluding hydrogens is 358 g/mol. The maximum atomic E-state index is 13.5. The third kappa shape index (κ3) is 2.84. The van der Waals surface area contributed by atoms with Gasteiger partial charge in [-0.1, -0.05) is 24.3 Å². The number of hydrogen-bond acceptors (Lipinski definition) is 5. The van der Waals surface area contributed by atoms with Gasteiger partial charge in [0, 0.05) is 25.2 Å². The summed E-state index contributed by atoms with van der Waals surface area (Å²) in [5, 5.41) is 1.82. The summed E-state index contributed by atoms with van der Waals surface area (Å²) in [5.74, 6) is -3.84. The molecule has 1 aromatic heterocycles. The van der Waals surface area contributed by atoms with Gasteiger partial charge < -0.3 is 11.5 Å². The normalized spacial score (nSPS) is 23.9. The minimum Gasteiger partial charge on any atom is -0.398 e. The van der Waals surface area contributed by atoms with E-state index in [1.807, 2.05) is 5.38 Å². The summed E-state index contributed by atoms with van der Waals surface area (Å²) in [6, 6.07) is 7.51. The first kappa shape index (κ1) is 18.3. The first-order valence-corrected chi connectivity index (χ1v) is 8.88. The molecular formula is C18H20F2N4OS. The lowest BCUT2D eigenvalue weighted by atomic mass is 9.77. The molecule has 2 atom stereocenters. The summed E-state index contributed by atoms with van der Waals surface area (Å²) < 4.78 is 27.0. The number of nitrogen functional groups attached to an aromatic ring is 1. The Hall–Kier alpha value is -2.48. The average molecular weight is 378 g/mol. The van der Waals surface area contributed by atoms with Crippen LogP contribution < -0.4 is 11.5 Å². The molecule has 0 saturated heterocycles. The summed E-state index contributed by atoms with van der Waals surface area (Å²) in [6.45, 7) is 2.63. The van der Waals surface area contributed by atoms with Gasteiger partial charge in [0.1, 0.15) is 5.54 Å². The number of guanidine groups is 1.